The topological polar surface area (TPSA) is 82.9 Å². The molecule has 5 rings (SSSR count). The van der Waals surface area contributed by atoms with Gasteiger partial charge < -0.3 is 19.5 Å². The number of methoxy groups -OCH3 is 1. The average molecular weight is 500 g/mol. The van der Waals surface area contributed by atoms with Crippen LogP contribution in [-0.4, -0.2) is 47.8 Å². The maximum atomic E-state index is 13.9. The third kappa shape index (κ3) is 4.59. The zero-order chi connectivity index (χ0) is 26.1. The molecule has 0 radical (unpaired) electrons. The first-order valence-electron chi connectivity index (χ1n) is 12.7. The zero-order valence-corrected chi connectivity index (χ0v) is 21.9. The first kappa shape index (κ1) is 24.6. The van der Waals surface area contributed by atoms with Crippen LogP contribution >= 0.6 is 0 Å². The van der Waals surface area contributed by atoms with Gasteiger partial charge in [0.05, 0.1) is 12.8 Å². The minimum atomic E-state index is -0.135. The lowest BCUT2D eigenvalue weighted by Crippen LogP contribution is -2.30. The number of hydrogen-bond donors (Lipinski definition) is 1. The number of H-pyrrole nitrogens is 1. The van der Waals surface area contributed by atoms with Gasteiger partial charge in [-0.15, -0.1) is 0 Å². The molecule has 2 aromatic carbocycles. The highest BCUT2D eigenvalue weighted by Gasteiger charge is 2.25. The smallest absolute Gasteiger partial charge is 0.278 e. The molecule has 0 spiro atoms. The molecule has 0 bridgehead atoms. The fourth-order valence-electron chi connectivity index (χ4n) is 5.11. The molecule has 192 valence electrons. The van der Waals surface area contributed by atoms with Gasteiger partial charge in [-0.25, -0.2) is 0 Å². The summed E-state index contributed by atoms with van der Waals surface area (Å²) in [6.07, 6.45) is 3.88. The summed E-state index contributed by atoms with van der Waals surface area (Å²) in [5.41, 5.74) is 6.43. The van der Waals surface area contributed by atoms with Crippen molar-refractivity contribution >= 4 is 22.9 Å². The van der Waals surface area contributed by atoms with Crippen LogP contribution in [0.1, 0.15) is 43.0 Å². The van der Waals surface area contributed by atoms with Crippen molar-refractivity contribution in [1.29, 1.82) is 0 Å². The first-order valence-corrected chi connectivity index (χ1v) is 12.7. The number of carbonyl (C=O) groups excluding carboxylic acids is 1. The zero-order valence-electron chi connectivity index (χ0n) is 21.9. The van der Waals surface area contributed by atoms with Crippen molar-refractivity contribution in [2.45, 2.75) is 39.5 Å². The molecule has 0 atom stereocenters. The monoisotopic (exact) mass is 499 g/mol. The molecule has 8 nitrogen and oxygen atoms in total. The van der Waals surface area contributed by atoms with Gasteiger partial charge in [0.15, 0.2) is 5.65 Å². The fourth-order valence-corrected chi connectivity index (χ4v) is 5.11. The van der Waals surface area contributed by atoms with E-state index in [0.29, 0.717) is 23.4 Å². The molecule has 1 saturated heterocycles. The minimum absolute atomic E-state index is 0.0962. The minimum Gasteiger partial charge on any atom is -0.495 e. The quantitative estimate of drug-likeness (QED) is 0.420. The second kappa shape index (κ2) is 10.1. The summed E-state index contributed by atoms with van der Waals surface area (Å²) in [6, 6.07) is 15.7. The third-order valence-corrected chi connectivity index (χ3v) is 7.25. The predicted molar refractivity (Wildman–Crippen MR) is 147 cm³/mol. The molecular weight excluding hydrogens is 466 g/mol. The largest absolute Gasteiger partial charge is 0.495 e. The highest BCUT2D eigenvalue weighted by Crippen LogP contribution is 2.35. The van der Waals surface area contributed by atoms with E-state index in [1.165, 1.54) is 17.9 Å². The average Bonchev–Trinajstić information content (AvgIpc) is 3.31. The molecule has 1 amide bonds. The lowest BCUT2D eigenvalue weighted by Gasteiger charge is -2.28. The second-order valence-electron chi connectivity index (χ2n) is 9.67. The second-order valence-corrected chi connectivity index (χ2v) is 9.67. The van der Waals surface area contributed by atoms with E-state index in [0.717, 1.165) is 59.8 Å². The SMILES string of the molecule is COc1ccc(Cc2c(C)[nH]c3c(N4CCCCC4)c(-c4ccccc4)nn3c2=O)cc1N(C)C(C)=O. The highest BCUT2D eigenvalue weighted by molar-refractivity contribution is 5.92. The van der Waals surface area contributed by atoms with Gasteiger partial charge in [-0.05, 0) is 43.9 Å². The molecule has 37 heavy (non-hydrogen) atoms. The Morgan fingerprint density at radius 1 is 1.11 bits per heavy atom. The van der Waals surface area contributed by atoms with Crippen LogP contribution in [0.3, 0.4) is 0 Å². The van der Waals surface area contributed by atoms with Gasteiger partial charge in [0, 0.05) is 50.3 Å². The number of carbonyl (C=O) groups is 1. The van der Waals surface area contributed by atoms with Gasteiger partial charge in [0.25, 0.3) is 5.56 Å². The van der Waals surface area contributed by atoms with Crippen LogP contribution in [0.2, 0.25) is 0 Å². The van der Waals surface area contributed by atoms with Crippen molar-refractivity contribution < 1.29 is 9.53 Å². The molecular formula is C29H33N5O3. The van der Waals surface area contributed by atoms with Crippen LogP contribution in [-0.2, 0) is 11.2 Å². The van der Waals surface area contributed by atoms with E-state index in [-0.39, 0.29) is 11.5 Å². The maximum Gasteiger partial charge on any atom is 0.278 e. The number of fused-ring (bicyclic) bond motifs is 1. The van der Waals surface area contributed by atoms with Gasteiger partial charge in [0.1, 0.15) is 17.1 Å². The maximum absolute atomic E-state index is 13.9. The summed E-state index contributed by atoms with van der Waals surface area (Å²) in [6.45, 7) is 5.35. The number of ether oxygens (including phenoxy) is 1. The lowest BCUT2D eigenvalue weighted by molar-refractivity contribution is -0.116. The molecule has 0 aliphatic carbocycles. The van der Waals surface area contributed by atoms with Crippen LogP contribution in [0, 0.1) is 6.92 Å². The van der Waals surface area contributed by atoms with E-state index in [4.69, 9.17) is 9.84 Å². The van der Waals surface area contributed by atoms with Crippen molar-refractivity contribution in [2.75, 3.05) is 37.0 Å². The first-order chi connectivity index (χ1) is 17.9. The Labute approximate surface area is 216 Å². The molecule has 1 fully saturated rings. The Hall–Kier alpha value is -4.07. The van der Waals surface area contributed by atoms with E-state index < -0.39 is 0 Å². The van der Waals surface area contributed by atoms with Crippen LogP contribution < -0.4 is 20.1 Å². The summed E-state index contributed by atoms with van der Waals surface area (Å²) < 4.78 is 6.99. The number of hydrogen-bond acceptors (Lipinski definition) is 5. The van der Waals surface area contributed by atoms with E-state index in [9.17, 15) is 9.59 Å². The normalized spacial score (nSPS) is 13.7. The van der Waals surface area contributed by atoms with Crippen LogP contribution in [0.25, 0.3) is 16.9 Å². The van der Waals surface area contributed by atoms with Crippen molar-refractivity contribution in [3.63, 3.8) is 0 Å². The summed E-state index contributed by atoms with van der Waals surface area (Å²) >= 11 is 0. The number of rotatable bonds is 6. The lowest BCUT2D eigenvalue weighted by atomic mass is 10.0. The Bertz CT molecular complexity index is 1500. The molecule has 0 unspecified atom stereocenters. The molecule has 8 heteroatoms. The Balaban J connectivity index is 1.63. The number of aryl methyl sites for hydroxylation is 1. The molecule has 1 N–H and O–H groups in total. The number of anilines is 2. The number of benzene rings is 2. The number of nitrogens with zero attached hydrogens (tertiary/aromatic N) is 4. The summed E-state index contributed by atoms with van der Waals surface area (Å²) in [5.74, 6) is 0.509. The highest BCUT2D eigenvalue weighted by atomic mass is 16.5. The van der Waals surface area contributed by atoms with Gasteiger partial charge in [-0.2, -0.15) is 9.61 Å². The van der Waals surface area contributed by atoms with Gasteiger partial charge in [-0.3, -0.25) is 9.59 Å². The molecule has 0 saturated carbocycles. The number of aromatic amines is 1. The van der Waals surface area contributed by atoms with Crippen molar-refractivity contribution in [1.82, 2.24) is 14.6 Å². The molecule has 1 aliphatic rings. The van der Waals surface area contributed by atoms with Crippen molar-refractivity contribution in [2.24, 2.45) is 0 Å². The fraction of sp³-hybridized carbons (Fsp3) is 0.345. The van der Waals surface area contributed by atoms with Crippen LogP contribution in [0.15, 0.2) is 53.3 Å². The van der Waals surface area contributed by atoms with Gasteiger partial charge >= 0.3 is 0 Å². The predicted octanol–water partition coefficient (Wildman–Crippen LogP) is 4.57. The third-order valence-electron chi connectivity index (χ3n) is 7.25. The number of aromatic nitrogens is 3. The molecule has 3 heterocycles. The Kier molecular flexibility index (Phi) is 6.74. The molecule has 1 aliphatic heterocycles. The van der Waals surface area contributed by atoms with Crippen molar-refractivity contribution in [3.05, 3.63) is 75.7 Å². The van der Waals surface area contributed by atoms with Crippen LogP contribution in [0.5, 0.6) is 5.75 Å². The van der Waals surface area contributed by atoms with Crippen LogP contribution in [0.4, 0.5) is 11.4 Å². The number of nitrogens with one attached hydrogen (secondary N) is 1. The molecule has 2 aromatic heterocycles. The number of amides is 1. The van der Waals surface area contributed by atoms with Gasteiger partial charge in [0.2, 0.25) is 5.91 Å². The summed E-state index contributed by atoms with van der Waals surface area (Å²) in [7, 11) is 3.29. The Morgan fingerprint density at radius 2 is 1.84 bits per heavy atom. The number of piperidine rings is 1. The van der Waals surface area contributed by atoms with Gasteiger partial charge in [-0.1, -0.05) is 36.4 Å². The molecule has 4 aromatic rings. The summed E-state index contributed by atoms with van der Waals surface area (Å²) in [4.78, 5) is 33.3. The standard InChI is InChI=1S/C29H33N5O3/c1-19-23(17-21-13-14-25(37-4)24(18-21)32(3)20(2)35)29(36)34-28(30-19)27(33-15-9-6-10-16-33)26(31-34)22-11-7-5-8-12-22/h5,7-8,11-14,18,30H,6,9-10,15-17H2,1-4H3. The van der Waals surface area contributed by atoms with E-state index >= 15 is 0 Å². The Morgan fingerprint density at radius 3 is 2.51 bits per heavy atom. The van der Waals surface area contributed by atoms with E-state index in [2.05, 4.69) is 9.88 Å². The van der Waals surface area contributed by atoms with E-state index in [1.54, 1.807) is 19.1 Å². The van der Waals surface area contributed by atoms with Crippen molar-refractivity contribution in [3.8, 4) is 17.0 Å². The van der Waals surface area contributed by atoms with E-state index in [1.807, 2.05) is 55.5 Å². The summed E-state index contributed by atoms with van der Waals surface area (Å²) in [5, 5.41) is 4.86.